The highest BCUT2D eigenvalue weighted by Crippen LogP contribution is 2.26. The maximum atomic E-state index is 5.95. The summed E-state index contributed by atoms with van der Waals surface area (Å²) in [5.74, 6) is 0. The Morgan fingerprint density at radius 1 is 1.33 bits per heavy atom. The first-order valence-electron chi connectivity index (χ1n) is 6.01. The van der Waals surface area contributed by atoms with Crippen molar-refractivity contribution in [1.82, 2.24) is 9.55 Å². The Labute approximate surface area is 112 Å². The van der Waals surface area contributed by atoms with Gasteiger partial charge in [0.05, 0.1) is 22.7 Å². The maximum absolute atomic E-state index is 5.95. The van der Waals surface area contributed by atoms with Gasteiger partial charge in [0, 0.05) is 25.5 Å². The fraction of sp³-hybridized carbons (Fsp3) is 0.308. The van der Waals surface area contributed by atoms with Gasteiger partial charge in [-0.3, -0.25) is 0 Å². The monoisotopic (exact) mass is 264 g/mol. The third-order valence-electron chi connectivity index (χ3n) is 2.77. The molecular formula is C13H17ClN4. The zero-order valence-corrected chi connectivity index (χ0v) is 10.9. The molecule has 2 aromatic rings. The normalized spacial score (nSPS) is 10.5. The summed E-state index contributed by atoms with van der Waals surface area (Å²) >= 11 is 5.95. The number of nitrogens with zero attached hydrogens (tertiary/aromatic N) is 2. The van der Waals surface area contributed by atoms with E-state index in [2.05, 4.69) is 14.9 Å². The maximum Gasteiger partial charge on any atom is 0.0945 e. The lowest BCUT2D eigenvalue weighted by atomic mass is 10.2. The first-order valence-corrected chi connectivity index (χ1v) is 6.39. The fourth-order valence-electron chi connectivity index (χ4n) is 1.75. The molecule has 1 heterocycles. The number of aromatic nitrogens is 2. The summed E-state index contributed by atoms with van der Waals surface area (Å²) in [6, 6.07) is 5.63. The number of rotatable bonds is 6. The van der Waals surface area contributed by atoms with E-state index in [1.54, 1.807) is 12.3 Å². The second-order valence-corrected chi connectivity index (χ2v) is 4.54. The Morgan fingerprint density at radius 3 is 3.00 bits per heavy atom. The van der Waals surface area contributed by atoms with Crippen LogP contribution in [0.25, 0.3) is 0 Å². The molecule has 0 amide bonds. The van der Waals surface area contributed by atoms with Crippen LogP contribution in [0.2, 0.25) is 5.02 Å². The molecule has 0 aliphatic heterocycles. The summed E-state index contributed by atoms with van der Waals surface area (Å²) in [5, 5.41) is 3.90. The number of nitrogen functional groups attached to an aromatic ring is 1. The van der Waals surface area contributed by atoms with Crippen molar-refractivity contribution < 1.29 is 0 Å². The van der Waals surface area contributed by atoms with Crippen LogP contribution in [-0.2, 0) is 6.54 Å². The van der Waals surface area contributed by atoms with Crippen molar-refractivity contribution in [1.29, 1.82) is 0 Å². The van der Waals surface area contributed by atoms with Crippen LogP contribution in [0.3, 0.4) is 0 Å². The van der Waals surface area contributed by atoms with E-state index >= 15 is 0 Å². The lowest BCUT2D eigenvalue weighted by Crippen LogP contribution is -2.05. The van der Waals surface area contributed by atoms with Gasteiger partial charge in [-0.25, -0.2) is 4.98 Å². The number of imidazole rings is 1. The van der Waals surface area contributed by atoms with Crippen LogP contribution < -0.4 is 11.1 Å². The van der Waals surface area contributed by atoms with Crippen LogP contribution in [0.1, 0.15) is 12.8 Å². The van der Waals surface area contributed by atoms with Gasteiger partial charge in [0.1, 0.15) is 0 Å². The molecule has 0 aliphatic rings. The summed E-state index contributed by atoms with van der Waals surface area (Å²) in [7, 11) is 0. The lowest BCUT2D eigenvalue weighted by molar-refractivity contribution is 0.621. The van der Waals surface area contributed by atoms with Gasteiger partial charge in [0.2, 0.25) is 0 Å². The molecule has 18 heavy (non-hydrogen) atoms. The minimum atomic E-state index is 0.596. The van der Waals surface area contributed by atoms with E-state index in [4.69, 9.17) is 17.3 Å². The van der Waals surface area contributed by atoms with Crippen LogP contribution in [0.4, 0.5) is 11.4 Å². The predicted molar refractivity (Wildman–Crippen MR) is 75.8 cm³/mol. The fourth-order valence-corrected chi connectivity index (χ4v) is 1.93. The third kappa shape index (κ3) is 3.40. The molecule has 0 saturated heterocycles. The molecule has 0 spiro atoms. The van der Waals surface area contributed by atoms with Crippen LogP contribution in [-0.4, -0.2) is 16.1 Å². The van der Waals surface area contributed by atoms with Gasteiger partial charge in [-0.2, -0.15) is 0 Å². The van der Waals surface area contributed by atoms with Gasteiger partial charge < -0.3 is 15.6 Å². The second-order valence-electron chi connectivity index (χ2n) is 4.14. The quantitative estimate of drug-likeness (QED) is 0.623. The molecule has 1 aromatic carbocycles. The van der Waals surface area contributed by atoms with E-state index in [1.165, 1.54) is 0 Å². The molecule has 0 radical (unpaired) electrons. The zero-order chi connectivity index (χ0) is 12.8. The van der Waals surface area contributed by atoms with Gasteiger partial charge in [-0.1, -0.05) is 17.7 Å². The number of nitrogens with two attached hydrogens (primary N) is 1. The number of hydrogen-bond acceptors (Lipinski definition) is 3. The predicted octanol–water partition coefficient (Wildman–Crippen LogP) is 3.01. The molecule has 96 valence electrons. The molecule has 0 fully saturated rings. The Balaban J connectivity index is 1.70. The number of hydrogen-bond donors (Lipinski definition) is 2. The largest absolute Gasteiger partial charge is 0.396 e. The molecule has 0 atom stereocenters. The molecule has 0 bridgehead atoms. The number of unbranched alkanes of at least 4 members (excludes halogenated alkanes) is 1. The Morgan fingerprint density at radius 2 is 2.22 bits per heavy atom. The summed E-state index contributed by atoms with van der Waals surface area (Å²) < 4.78 is 2.08. The minimum absolute atomic E-state index is 0.596. The number of aryl methyl sites for hydroxylation is 1. The van der Waals surface area contributed by atoms with Crippen molar-refractivity contribution in [2.75, 3.05) is 17.6 Å². The topological polar surface area (TPSA) is 55.9 Å². The number of para-hydroxylation sites is 1. The third-order valence-corrected chi connectivity index (χ3v) is 3.10. The van der Waals surface area contributed by atoms with Gasteiger partial charge >= 0.3 is 0 Å². The van der Waals surface area contributed by atoms with Crippen LogP contribution in [0.15, 0.2) is 36.9 Å². The van der Waals surface area contributed by atoms with Crippen molar-refractivity contribution in [2.24, 2.45) is 0 Å². The average Bonchev–Trinajstić information content (AvgIpc) is 2.87. The number of halogens is 1. The Bertz CT molecular complexity index is 482. The van der Waals surface area contributed by atoms with Gasteiger partial charge in [-0.15, -0.1) is 0 Å². The molecule has 5 heteroatoms. The van der Waals surface area contributed by atoms with E-state index in [-0.39, 0.29) is 0 Å². The van der Waals surface area contributed by atoms with Crippen LogP contribution >= 0.6 is 11.6 Å². The van der Waals surface area contributed by atoms with Gasteiger partial charge in [0.15, 0.2) is 0 Å². The summed E-state index contributed by atoms with van der Waals surface area (Å²) in [4.78, 5) is 4.01. The Kier molecular flexibility index (Phi) is 4.47. The Hall–Kier alpha value is -1.68. The molecule has 1 aromatic heterocycles. The molecule has 4 nitrogen and oxygen atoms in total. The van der Waals surface area contributed by atoms with Crippen molar-refractivity contribution in [3.05, 3.63) is 41.9 Å². The average molecular weight is 265 g/mol. The number of nitrogens with one attached hydrogen (secondary N) is 1. The highest BCUT2D eigenvalue weighted by Gasteiger charge is 2.01. The molecule has 0 aliphatic carbocycles. The molecular weight excluding hydrogens is 248 g/mol. The molecule has 3 N–H and O–H groups in total. The van der Waals surface area contributed by atoms with Crippen molar-refractivity contribution in [3.8, 4) is 0 Å². The van der Waals surface area contributed by atoms with Crippen LogP contribution in [0.5, 0.6) is 0 Å². The smallest absolute Gasteiger partial charge is 0.0945 e. The highest BCUT2D eigenvalue weighted by molar-refractivity contribution is 6.33. The SMILES string of the molecule is Nc1c(Cl)cccc1NCCCCn1ccnc1. The van der Waals surface area contributed by atoms with E-state index in [9.17, 15) is 0 Å². The zero-order valence-electron chi connectivity index (χ0n) is 10.1. The van der Waals surface area contributed by atoms with Gasteiger partial charge in [-0.05, 0) is 25.0 Å². The van der Waals surface area contributed by atoms with Gasteiger partial charge in [0.25, 0.3) is 0 Å². The van der Waals surface area contributed by atoms with Crippen LogP contribution in [0, 0.1) is 0 Å². The number of anilines is 2. The second kappa shape index (κ2) is 6.31. The number of benzene rings is 1. The van der Waals surface area contributed by atoms with E-state index in [0.717, 1.165) is 31.6 Å². The first-order chi connectivity index (χ1) is 8.77. The van der Waals surface area contributed by atoms with E-state index in [1.807, 2.05) is 24.7 Å². The molecule has 0 unspecified atom stereocenters. The van der Waals surface area contributed by atoms with E-state index < -0.39 is 0 Å². The summed E-state index contributed by atoms with van der Waals surface area (Å²) in [6.45, 7) is 1.88. The standard InChI is InChI=1S/C13H17ClN4/c14-11-4-3-5-12(13(11)15)17-6-1-2-8-18-9-7-16-10-18/h3-5,7,9-10,17H,1-2,6,8,15H2. The van der Waals surface area contributed by atoms with Crippen molar-refractivity contribution in [3.63, 3.8) is 0 Å². The van der Waals surface area contributed by atoms with E-state index in [0.29, 0.717) is 10.7 Å². The summed E-state index contributed by atoms with van der Waals surface area (Å²) in [5.41, 5.74) is 7.39. The first kappa shape index (κ1) is 12.8. The van der Waals surface area contributed by atoms with Crippen molar-refractivity contribution >= 4 is 23.0 Å². The minimum Gasteiger partial charge on any atom is -0.396 e. The summed E-state index contributed by atoms with van der Waals surface area (Å²) in [6.07, 6.45) is 7.78. The van der Waals surface area contributed by atoms with Crippen molar-refractivity contribution in [2.45, 2.75) is 19.4 Å². The lowest BCUT2D eigenvalue weighted by Gasteiger charge is -2.10. The molecule has 0 saturated carbocycles. The highest BCUT2D eigenvalue weighted by atomic mass is 35.5. The molecule has 2 rings (SSSR count).